The Morgan fingerprint density at radius 1 is 1.19 bits per heavy atom. The third-order valence-electron chi connectivity index (χ3n) is 3.64. The SMILES string of the molecule is NC(=S)c1ccccc1OCC1OCCc2ccccc21. The highest BCUT2D eigenvalue weighted by molar-refractivity contribution is 7.80. The predicted octanol–water partition coefficient (Wildman–Crippen LogP) is 3.01. The van der Waals surface area contributed by atoms with Crippen LogP contribution in [0.2, 0.25) is 0 Å². The van der Waals surface area contributed by atoms with Crippen LogP contribution < -0.4 is 10.5 Å². The van der Waals surface area contributed by atoms with Crippen molar-refractivity contribution in [2.75, 3.05) is 13.2 Å². The topological polar surface area (TPSA) is 44.5 Å². The van der Waals surface area contributed by atoms with Crippen LogP contribution in [0.25, 0.3) is 0 Å². The summed E-state index contributed by atoms with van der Waals surface area (Å²) >= 11 is 5.05. The highest BCUT2D eigenvalue weighted by Crippen LogP contribution is 2.28. The van der Waals surface area contributed by atoms with Gasteiger partial charge in [-0.3, -0.25) is 0 Å². The summed E-state index contributed by atoms with van der Waals surface area (Å²) in [6.45, 7) is 1.18. The van der Waals surface area contributed by atoms with Crippen LogP contribution >= 0.6 is 12.2 Å². The van der Waals surface area contributed by atoms with Gasteiger partial charge in [0.15, 0.2) is 0 Å². The standard InChI is InChI=1S/C17H17NO2S/c18-17(21)14-7-3-4-8-15(14)20-11-16-13-6-2-1-5-12(13)9-10-19-16/h1-8,16H,9-11H2,(H2,18,21). The van der Waals surface area contributed by atoms with Gasteiger partial charge in [-0.1, -0.05) is 48.6 Å². The Labute approximate surface area is 129 Å². The van der Waals surface area contributed by atoms with Gasteiger partial charge in [-0.2, -0.15) is 0 Å². The van der Waals surface area contributed by atoms with Crippen molar-refractivity contribution in [1.82, 2.24) is 0 Å². The molecule has 1 unspecified atom stereocenters. The molecule has 0 aromatic heterocycles. The number of hydrogen-bond acceptors (Lipinski definition) is 3. The quantitative estimate of drug-likeness (QED) is 0.882. The summed E-state index contributed by atoms with van der Waals surface area (Å²) in [4.78, 5) is 0.343. The van der Waals surface area contributed by atoms with E-state index in [1.165, 1.54) is 11.1 Å². The minimum Gasteiger partial charge on any atom is -0.490 e. The van der Waals surface area contributed by atoms with E-state index in [0.717, 1.165) is 18.6 Å². The van der Waals surface area contributed by atoms with Crippen molar-refractivity contribution in [2.45, 2.75) is 12.5 Å². The van der Waals surface area contributed by atoms with Crippen LogP contribution in [0.1, 0.15) is 22.8 Å². The van der Waals surface area contributed by atoms with E-state index in [9.17, 15) is 0 Å². The van der Waals surface area contributed by atoms with Crippen molar-refractivity contribution < 1.29 is 9.47 Å². The fourth-order valence-corrected chi connectivity index (χ4v) is 2.74. The van der Waals surface area contributed by atoms with E-state index in [0.29, 0.717) is 17.3 Å². The van der Waals surface area contributed by atoms with Gasteiger partial charge in [0, 0.05) is 0 Å². The maximum Gasteiger partial charge on any atom is 0.129 e. The first-order valence-corrected chi connectivity index (χ1v) is 7.37. The Kier molecular flexibility index (Phi) is 4.18. The zero-order chi connectivity index (χ0) is 14.7. The molecule has 3 nitrogen and oxygen atoms in total. The molecule has 0 amide bonds. The maximum atomic E-state index is 5.90. The Morgan fingerprint density at radius 3 is 2.81 bits per heavy atom. The first-order chi connectivity index (χ1) is 10.3. The van der Waals surface area contributed by atoms with E-state index in [4.69, 9.17) is 27.4 Å². The van der Waals surface area contributed by atoms with Crippen molar-refractivity contribution in [1.29, 1.82) is 0 Å². The molecule has 2 aromatic carbocycles. The lowest BCUT2D eigenvalue weighted by atomic mass is 9.98. The number of para-hydroxylation sites is 1. The smallest absolute Gasteiger partial charge is 0.129 e. The van der Waals surface area contributed by atoms with Gasteiger partial charge in [0.05, 0.1) is 12.2 Å². The third kappa shape index (κ3) is 3.06. The van der Waals surface area contributed by atoms with Gasteiger partial charge in [-0.15, -0.1) is 0 Å². The number of nitrogens with two attached hydrogens (primary N) is 1. The molecule has 0 spiro atoms. The van der Waals surface area contributed by atoms with Crippen LogP contribution in [0.15, 0.2) is 48.5 Å². The van der Waals surface area contributed by atoms with E-state index in [1.807, 2.05) is 30.3 Å². The number of rotatable bonds is 4. The molecule has 4 heteroatoms. The summed E-state index contributed by atoms with van der Waals surface area (Å²) < 4.78 is 11.7. The molecular weight excluding hydrogens is 282 g/mol. The predicted molar refractivity (Wildman–Crippen MR) is 86.7 cm³/mol. The Balaban J connectivity index is 1.76. The largest absolute Gasteiger partial charge is 0.490 e. The average Bonchev–Trinajstić information content (AvgIpc) is 2.53. The monoisotopic (exact) mass is 299 g/mol. The van der Waals surface area contributed by atoms with Crippen LogP contribution in [-0.4, -0.2) is 18.2 Å². The van der Waals surface area contributed by atoms with Gasteiger partial charge < -0.3 is 15.2 Å². The van der Waals surface area contributed by atoms with Crippen LogP contribution in [-0.2, 0) is 11.2 Å². The van der Waals surface area contributed by atoms with E-state index >= 15 is 0 Å². The number of hydrogen-bond donors (Lipinski definition) is 1. The minimum absolute atomic E-state index is 0.0469. The molecule has 0 radical (unpaired) electrons. The summed E-state index contributed by atoms with van der Waals surface area (Å²) in [5.41, 5.74) is 9.02. The fourth-order valence-electron chi connectivity index (χ4n) is 2.58. The lowest BCUT2D eigenvalue weighted by molar-refractivity contribution is 0.0102. The molecule has 1 aliphatic rings. The molecular formula is C17H17NO2S. The van der Waals surface area contributed by atoms with Crippen LogP contribution in [0.3, 0.4) is 0 Å². The van der Waals surface area contributed by atoms with Gasteiger partial charge in [-0.05, 0) is 29.7 Å². The molecule has 1 aliphatic heterocycles. The van der Waals surface area contributed by atoms with Crippen LogP contribution in [0, 0.1) is 0 Å². The molecule has 0 saturated carbocycles. The van der Waals surface area contributed by atoms with Gasteiger partial charge in [-0.25, -0.2) is 0 Å². The second-order valence-electron chi connectivity index (χ2n) is 4.98. The lowest BCUT2D eigenvalue weighted by Gasteiger charge is -2.26. The highest BCUT2D eigenvalue weighted by atomic mass is 32.1. The van der Waals surface area contributed by atoms with Gasteiger partial charge >= 0.3 is 0 Å². The number of thiocarbonyl (C=S) groups is 1. The summed E-state index contributed by atoms with van der Waals surface area (Å²) in [7, 11) is 0. The molecule has 108 valence electrons. The fraction of sp³-hybridized carbons (Fsp3) is 0.235. The molecule has 0 saturated heterocycles. The van der Waals surface area contributed by atoms with E-state index in [-0.39, 0.29) is 6.10 Å². The van der Waals surface area contributed by atoms with Crippen molar-refractivity contribution >= 4 is 17.2 Å². The molecule has 1 atom stereocenters. The molecule has 2 N–H and O–H groups in total. The van der Waals surface area contributed by atoms with Crippen molar-refractivity contribution in [2.24, 2.45) is 5.73 Å². The third-order valence-corrected chi connectivity index (χ3v) is 3.86. The molecule has 2 aromatic rings. The Morgan fingerprint density at radius 2 is 1.95 bits per heavy atom. The molecule has 21 heavy (non-hydrogen) atoms. The molecule has 0 bridgehead atoms. The van der Waals surface area contributed by atoms with Crippen molar-refractivity contribution in [3.63, 3.8) is 0 Å². The normalized spacial score (nSPS) is 17.0. The molecule has 0 fully saturated rings. The zero-order valence-electron chi connectivity index (χ0n) is 11.6. The second-order valence-corrected chi connectivity index (χ2v) is 5.42. The number of ether oxygens (including phenoxy) is 2. The summed E-state index contributed by atoms with van der Waals surface area (Å²) in [6.07, 6.45) is 0.908. The van der Waals surface area contributed by atoms with E-state index in [2.05, 4.69) is 18.2 Å². The highest BCUT2D eigenvalue weighted by Gasteiger charge is 2.21. The first-order valence-electron chi connectivity index (χ1n) is 6.97. The van der Waals surface area contributed by atoms with Gasteiger partial charge in [0.25, 0.3) is 0 Å². The van der Waals surface area contributed by atoms with Gasteiger partial charge in [0.2, 0.25) is 0 Å². The molecule has 3 rings (SSSR count). The van der Waals surface area contributed by atoms with Crippen LogP contribution in [0.4, 0.5) is 0 Å². The summed E-state index contributed by atoms with van der Waals surface area (Å²) in [5, 5.41) is 0. The first kappa shape index (κ1) is 14.0. The van der Waals surface area contributed by atoms with E-state index in [1.54, 1.807) is 0 Å². The van der Waals surface area contributed by atoms with Gasteiger partial charge in [0.1, 0.15) is 23.4 Å². The second kappa shape index (κ2) is 6.24. The molecule has 1 heterocycles. The van der Waals surface area contributed by atoms with Crippen molar-refractivity contribution in [3.8, 4) is 5.75 Å². The zero-order valence-corrected chi connectivity index (χ0v) is 12.4. The number of benzene rings is 2. The average molecular weight is 299 g/mol. The summed E-state index contributed by atoms with van der Waals surface area (Å²) in [6, 6.07) is 15.9. The Bertz CT molecular complexity index is 657. The minimum atomic E-state index is -0.0469. The Hall–Kier alpha value is -1.91. The molecule has 0 aliphatic carbocycles. The number of fused-ring (bicyclic) bond motifs is 1. The van der Waals surface area contributed by atoms with Crippen molar-refractivity contribution in [3.05, 3.63) is 65.2 Å². The maximum absolute atomic E-state index is 5.90. The van der Waals surface area contributed by atoms with E-state index < -0.39 is 0 Å². The van der Waals surface area contributed by atoms with Crippen LogP contribution in [0.5, 0.6) is 5.75 Å². The lowest BCUT2D eigenvalue weighted by Crippen LogP contribution is -2.22. The summed E-state index contributed by atoms with van der Waals surface area (Å²) in [5.74, 6) is 0.705.